The summed E-state index contributed by atoms with van der Waals surface area (Å²) in [5.41, 5.74) is 10.8. The number of carbonyl (C=O) groups is 11. The zero-order valence-electron chi connectivity index (χ0n) is 34.3. The molecule has 0 radical (unpaired) electrons. The van der Waals surface area contributed by atoms with Gasteiger partial charge < -0.3 is 79.5 Å². The summed E-state index contributed by atoms with van der Waals surface area (Å²) in [5.74, 6) is -14.0. The molecule has 0 aromatic carbocycles. The predicted molar refractivity (Wildman–Crippen MR) is 220 cm³/mol. The molecule has 0 aliphatic heterocycles. The third kappa shape index (κ3) is 20.1. The summed E-state index contributed by atoms with van der Waals surface area (Å²) in [4.78, 5) is 138. The summed E-state index contributed by atoms with van der Waals surface area (Å²) >= 11 is 7.71. The Labute approximate surface area is 366 Å². The molecule has 9 amide bonds. The first kappa shape index (κ1) is 56.7. The van der Waals surface area contributed by atoms with Crippen LogP contribution in [0.15, 0.2) is 0 Å². The molecule has 0 rings (SSSR count). The maximum Gasteiger partial charge on any atom is 0.327 e. The van der Waals surface area contributed by atoms with E-state index in [1.807, 2.05) is 0 Å². The standard InChI is InChI=1S/C34H58N10O16S2/c1-5-13(2)24(31(56)37-9-22(49)42-25(14(3)46)32(57)41-20(12-62)34(59)60)43-30(55)19(10-45)40-28(53)17(6-7-23(50)51)38-29(54)18(8-21(36)48)39-33(58)26(15(4)47)44-27(52)16(35)11-61/h13-20,24-26,45-47,61-62H,5-12,35H2,1-4H3,(H2,36,48)(H,37,56)(H,38,54)(H,39,58)(H,40,53)(H,41,57)(H,42,49)(H,43,55)(H,44,52)(H,50,51)(H,59,60)/t13-,14+,15+,16-,17-,18-,19-,20-,24-,25-,26-/m0/s1. The van der Waals surface area contributed by atoms with E-state index in [2.05, 4.69) is 67.8 Å². The fourth-order valence-corrected chi connectivity index (χ4v) is 5.42. The van der Waals surface area contributed by atoms with E-state index in [1.165, 1.54) is 6.92 Å². The topological polar surface area (TPSA) is 437 Å². The number of nitrogens with one attached hydrogen (secondary N) is 8. The van der Waals surface area contributed by atoms with Crippen molar-refractivity contribution < 1.29 is 78.3 Å². The Bertz CT molecular complexity index is 1620. The van der Waals surface area contributed by atoms with Gasteiger partial charge in [-0.05, 0) is 26.2 Å². The van der Waals surface area contributed by atoms with Crippen molar-refractivity contribution in [2.24, 2.45) is 17.4 Å². The number of primary amides is 1. The SMILES string of the molecule is CC[C@H](C)[C@H](NC(=O)[C@H](CO)NC(=O)[C@H](CCC(=O)O)NC(=O)[C@H](CC(N)=O)NC(=O)[C@@H](NC(=O)[C@@H](N)CS)[C@@H](C)O)C(=O)NCC(=O)N[C@H](C(=O)N[C@@H](CS)C(=O)O)[C@@H](C)O. The van der Waals surface area contributed by atoms with Crippen molar-refractivity contribution in [3.8, 4) is 0 Å². The average molecular weight is 927 g/mol. The molecule has 0 aliphatic rings. The molecule has 0 aliphatic carbocycles. The third-order valence-electron chi connectivity index (χ3n) is 8.82. The Morgan fingerprint density at radius 2 is 1.06 bits per heavy atom. The van der Waals surface area contributed by atoms with Crippen molar-refractivity contribution in [2.75, 3.05) is 24.7 Å². The Morgan fingerprint density at radius 3 is 1.52 bits per heavy atom. The number of rotatable bonds is 29. The number of nitrogens with two attached hydrogens (primary N) is 2. The van der Waals surface area contributed by atoms with Gasteiger partial charge in [0.15, 0.2) is 0 Å². The van der Waals surface area contributed by atoms with Crippen LogP contribution in [0.25, 0.3) is 0 Å². The summed E-state index contributed by atoms with van der Waals surface area (Å²) < 4.78 is 0. The number of thiol groups is 2. The van der Waals surface area contributed by atoms with Gasteiger partial charge in [0.2, 0.25) is 53.2 Å². The summed E-state index contributed by atoms with van der Waals surface area (Å²) in [6.07, 6.45) is -5.14. The van der Waals surface area contributed by atoms with Gasteiger partial charge in [0.1, 0.15) is 42.3 Å². The van der Waals surface area contributed by atoms with Crippen molar-refractivity contribution in [1.82, 2.24) is 42.5 Å². The highest BCUT2D eigenvalue weighted by molar-refractivity contribution is 7.80. The quantitative estimate of drug-likeness (QED) is 0.0310. The van der Waals surface area contributed by atoms with E-state index in [0.29, 0.717) is 0 Å². The van der Waals surface area contributed by atoms with Gasteiger partial charge in [0, 0.05) is 17.9 Å². The van der Waals surface area contributed by atoms with Crippen molar-refractivity contribution >= 4 is 90.4 Å². The van der Waals surface area contributed by atoms with E-state index in [-0.39, 0.29) is 17.9 Å². The molecule has 62 heavy (non-hydrogen) atoms. The van der Waals surface area contributed by atoms with Gasteiger partial charge in [-0.15, -0.1) is 0 Å². The molecular weight excluding hydrogens is 869 g/mol. The van der Waals surface area contributed by atoms with Gasteiger partial charge in [-0.2, -0.15) is 25.3 Å². The fourth-order valence-electron chi connectivity index (χ4n) is 5.01. The minimum absolute atomic E-state index is 0.145. The van der Waals surface area contributed by atoms with Gasteiger partial charge in [-0.3, -0.25) is 47.9 Å². The second-order valence-corrected chi connectivity index (χ2v) is 14.7. The maximum atomic E-state index is 13.4. The number of aliphatic carboxylic acids is 2. The van der Waals surface area contributed by atoms with Crippen LogP contribution in [-0.2, 0) is 52.7 Å². The van der Waals surface area contributed by atoms with E-state index in [0.717, 1.165) is 13.8 Å². The lowest BCUT2D eigenvalue weighted by molar-refractivity contribution is -0.142. The summed E-state index contributed by atoms with van der Waals surface area (Å²) in [5, 5.41) is 66.0. The van der Waals surface area contributed by atoms with Crippen molar-refractivity contribution in [3.63, 3.8) is 0 Å². The Balaban J connectivity index is 6.11. The van der Waals surface area contributed by atoms with Gasteiger partial charge in [0.05, 0.1) is 37.8 Å². The highest BCUT2D eigenvalue weighted by Gasteiger charge is 2.36. The number of carbonyl (C=O) groups excluding carboxylic acids is 9. The Hall–Kier alpha value is -5.29. The average Bonchev–Trinajstić information content (AvgIpc) is 3.20. The molecule has 0 aromatic heterocycles. The first-order chi connectivity index (χ1) is 28.8. The first-order valence-electron chi connectivity index (χ1n) is 18.9. The molecule has 0 bridgehead atoms. The molecular formula is C34H58N10O16S2. The van der Waals surface area contributed by atoms with E-state index in [9.17, 15) is 73.2 Å². The number of amides is 9. The molecule has 0 spiro atoms. The van der Waals surface area contributed by atoms with Crippen LogP contribution in [0.3, 0.4) is 0 Å². The molecule has 352 valence electrons. The minimum atomic E-state index is -1.87. The Morgan fingerprint density at radius 1 is 0.597 bits per heavy atom. The number of aliphatic hydroxyl groups is 3. The number of carboxylic acids is 2. The number of carboxylic acid groups (broad SMARTS) is 2. The van der Waals surface area contributed by atoms with Crippen LogP contribution in [0.2, 0.25) is 0 Å². The van der Waals surface area contributed by atoms with Crippen LogP contribution >= 0.6 is 25.3 Å². The molecule has 11 atom stereocenters. The minimum Gasteiger partial charge on any atom is -0.481 e. The lowest BCUT2D eigenvalue weighted by Crippen LogP contribution is -2.62. The van der Waals surface area contributed by atoms with E-state index in [1.54, 1.807) is 6.92 Å². The molecule has 17 N–H and O–H groups in total. The van der Waals surface area contributed by atoms with Gasteiger partial charge in [0.25, 0.3) is 0 Å². The number of hydrogen-bond acceptors (Lipinski definition) is 17. The monoisotopic (exact) mass is 926 g/mol. The van der Waals surface area contributed by atoms with Crippen LogP contribution in [0.4, 0.5) is 0 Å². The molecule has 0 saturated carbocycles. The molecule has 0 saturated heterocycles. The van der Waals surface area contributed by atoms with Gasteiger partial charge in [-0.25, -0.2) is 4.79 Å². The molecule has 0 heterocycles. The molecule has 26 nitrogen and oxygen atoms in total. The van der Waals surface area contributed by atoms with Crippen LogP contribution in [0, 0.1) is 5.92 Å². The smallest absolute Gasteiger partial charge is 0.327 e. The summed E-state index contributed by atoms with van der Waals surface area (Å²) in [6, 6.07) is -13.0. The zero-order chi connectivity index (χ0) is 48.0. The lowest BCUT2D eigenvalue weighted by atomic mass is 9.97. The molecule has 0 aromatic rings. The highest BCUT2D eigenvalue weighted by atomic mass is 32.1. The first-order valence-corrected chi connectivity index (χ1v) is 20.2. The highest BCUT2D eigenvalue weighted by Crippen LogP contribution is 2.09. The van der Waals surface area contributed by atoms with E-state index < -0.39 is 164 Å². The second kappa shape index (κ2) is 28.3. The van der Waals surface area contributed by atoms with Crippen LogP contribution in [0.5, 0.6) is 0 Å². The summed E-state index contributed by atoms with van der Waals surface area (Å²) in [6.45, 7) is 3.49. The third-order valence-corrected chi connectivity index (χ3v) is 9.58. The maximum absolute atomic E-state index is 13.4. The summed E-state index contributed by atoms with van der Waals surface area (Å²) in [7, 11) is 0. The van der Waals surface area contributed by atoms with Crippen LogP contribution < -0.4 is 54.0 Å². The van der Waals surface area contributed by atoms with Crippen molar-refractivity contribution in [1.29, 1.82) is 0 Å². The second-order valence-electron chi connectivity index (χ2n) is 13.9. The zero-order valence-corrected chi connectivity index (χ0v) is 36.1. The van der Waals surface area contributed by atoms with Crippen molar-refractivity contribution in [3.05, 3.63) is 0 Å². The van der Waals surface area contributed by atoms with Crippen molar-refractivity contribution in [2.45, 2.75) is 114 Å². The molecule has 0 fully saturated rings. The lowest BCUT2D eigenvalue weighted by Gasteiger charge is -2.28. The van der Waals surface area contributed by atoms with Crippen LogP contribution in [-0.4, -0.2) is 176 Å². The molecule has 0 unspecified atom stereocenters. The van der Waals surface area contributed by atoms with Crippen LogP contribution in [0.1, 0.15) is 53.4 Å². The number of hydrogen-bond donors (Lipinski definition) is 17. The normalized spacial score (nSPS) is 16.3. The van der Waals surface area contributed by atoms with Gasteiger partial charge >= 0.3 is 11.9 Å². The predicted octanol–water partition coefficient (Wildman–Crippen LogP) is -7.69. The fraction of sp³-hybridized carbons (Fsp3) is 0.676. The van der Waals surface area contributed by atoms with E-state index >= 15 is 0 Å². The Kier molecular flexibility index (Phi) is 25.9. The van der Waals surface area contributed by atoms with E-state index in [4.69, 9.17) is 16.6 Å². The molecule has 28 heteroatoms. The number of aliphatic hydroxyl groups excluding tert-OH is 3. The van der Waals surface area contributed by atoms with Gasteiger partial charge in [-0.1, -0.05) is 20.3 Å². The largest absolute Gasteiger partial charge is 0.481 e.